The lowest BCUT2D eigenvalue weighted by atomic mass is 10.0. The van der Waals surface area contributed by atoms with E-state index in [9.17, 15) is 19.2 Å². The topological polar surface area (TPSA) is 147 Å². The molecule has 10 nitrogen and oxygen atoms in total. The zero-order valence-electron chi connectivity index (χ0n) is 24.5. The van der Waals surface area contributed by atoms with Crippen LogP contribution in [0.1, 0.15) is 51.5 Å². The van der Waals surface area contributed by atoms with E-state index in [1.165, 1.54) is 24.3 Å². The normalized spacial score (nSPS) is 11.0. The third-order valence-electron chi connectivity index (χ3n) is 6.66. The Morgan fingerprint density at radius 1 is 0.667 bits per heavy atom. The van der Waals surface area contributed by atoms with Crippen molar-refractivity contribution in [2.24, 2.45) is 0 Å². The standard InChI is InChI=1S/C35H34N4O6/c36-33(39-35(43)45-24-26-12-6-2-7-13-26)28-16-18-29(19-17-28)34(42)37-21-20-31(40)38-30(27-14-8-3-9-15-27)22-32(41)44-23-25-10-4-1-5-11-25/h1-19,30H,20-24H2,(H,37,42)(H,38,40)(H2,36,39,43). The zero-order valence-corrected chi connectivity index (χ0v) is 24.5. The maximum absolute atomic E-state index is 12.8. The van der Waals surface area contributed by atoms with Gasteiger partial charge in [-0.25, -0.2) is 4.79 Å². The number of carbonyl (C=O) groups excluding carboxylic acids is 4. The van der Waals surface area contributed by atoms with Crippen molar-refractivity contribution < 1.29 is 28.7 Å². The Morgan fingerprint density at radius 2 is 1.20 bits per heavy atom. The van der Waals surface area contributed by atoms with Gasteiger partial charge in [-0.05, 0) is 28.8 Å². The molecule has 1 unspecified atom stereocenters. The summed E-state index contributed by atoms with van der Waals surface area (Å²) < 4.78 is 10.5. The first kappa shape index (κ1) is 32.2. The summed E-state index contributed by atoms with van der Waals surface area (Å²) in [5, 5.41) is 16.1. The quantitative estimate of drug-likeness (QED) is 0.0952. The number of rotatable bonds is 13. The van der Waals surface area contributed by atoms with E-state index in [4.69, 9.17) is 14.9 Å². The number of esters is 1. The fourth-order valence-corrected chi connectivity index (χ4v) is 4.28. The van der Waals surface area contributed by atoms with Crippen molar-refractivity contribution in [3.63, 3.8) is 0 Å². The van der Waals surface area contributed by atoms with Crippen molar-refractivity contribution in [1.82, 2.24) is 16.0 Å². The highest BCUT2D eigenvalue weighted by molar-refractivity contribution is 6.05. The molecule has 4 aromatic rings. The van der Waals surface area contributed by atoms with Crippen molar-refractivity contribution in [2.75, 3.05) is 6.54 Å². The predicted octanol–water partition coefficient (Wildman–Crippen LogP) is 5.05. The molecule has 0 aliphatic heterocycles. The number of nitrogens with one attached hydrogen (secondary N) is 4. The number of hydrogen-bond donors (Lipinski definition) is 4. The molecule has 4 rings (SSSR count). The molecule has 0 radical (unpaired) electrons. The van der Waals surface area contributed by atoms with Gasteiger partial charge in [0.1, 0.15) is 19.0 Å². The molecule has 0 aromatic heterocycles. The number of alkyl carbamates (subject to hydrolysis) is 1. The molecule has 0 spiro atoms. The summed E-state index contributed by atoms with van der Waals surface area (Å²) in [6.07, 6.45) is -0.815. The van der Waals surface area contributed by atoms with Crippen LogP contribution in [0.2, 0.25) is 0 Å². The third-order valence-corrected chi connectivity index (χ3v) is 6.66. The Balaban J connectivity index is 1.21. The first-order valence-corrected chi connectivity index (χ1v) is 14.4. The molecule has 0 bridgehead atoms. The molecule has 10 heteroatoms. The van der Waals surface area contributed by atoms with Gasteiger partial charge in [0.25, 0.3) is 5.91 Å². The minimum absolute atomic E-state index is 0.00806. The van der Waals surface area contributed by atoms with Gasteiger partial charge in [-0.15, -0.1) is 0 Å². The van der Waals surface area contributed by atoms with Gasteiger partial charge in [-0.3, -0.25) is 25.1 Å². The minimum atomic E-state index is -0.762. The summed E-state index contributed by atoms with van der Waals surface area (Å²) in [4.78, 5) is 50.0. The number of benzene rings is 4. The van der Waals surface area contributed by atoms with E-state index in [1.54, 1.807) is 0 Å². The van der Waals surface area contributed by atoms with Crippen LogP contribution >= 0.6 is 0 Å². The fourth-order valence-electron chi connectivity index (χ4n) is 4.28. The van der Waals surface area contributed by atoms with Crippen molar-refractivity contribution in [3.05, 3.63) is 143 Å². The van der Waals surface area contributed by atoms with Gasteiger partial charge in [0, 0.05) is 24.1 Å². The van der Waals surface area contributed by atoms with Crippen molar-refractivity contribution in [2.45, 2.75) is 32.1 Å². The van der Waals surface area contributed by atoms with Crippen LogP contribution in [0.15, 0.2) is 115 Å². The Bertz CT molecular complexity index is 1580. The molecule has 0 aliphatic rings. The summed E-state index contributed by atoms with van der Waals surface area (Å²) in [5.41, 5.74) is 3.16. The van der Waals surface area contributed by atoms with Gasteiger partial charge in [0.15, 0.2) is 0 Å². The number of hydrogen-bond acceptors (Lipinski definition) is 7. The number of ether oxygens (including phenoxy) is 2. The lowest BCUT2D eigenvalue weighted by Crippen LogP contribution is -2.34. The van der Waals surface area contributed by atoms with Gasteiger partial charge in [0.2, 0.25) is 5.91 Å². The molecular weight excluding hydrogens is 572 g/mol. The fraction of sp³-hybridized carbons (Fsp3) is 0.171. The van der Waals surface area contributed by atoms with Crippen LogP contribution in [0.3, 0.4) is 0 Å². The third kappa shape index (κ3) is 10.8. The monoisotopic (exact) mass is 606 g/mol. The zero-order chi connectivity index (χ0) is 31.9. The summed E-state index contributed by atoms with van der Waals surface area (Å²) in [7, 11) is 0. The first-order chi connectivity index (χ1) is 21.9. The SMILES string of the molecule is N=C(NC(=O)OCc1ccccc1)c1ccc(C(=O)NCCC(=O)NC(CC(=O)OCc2ccccc2)c2ccccc2)cc1. The van der Waals surface area contributed by atoms with Gasteiger partial charge in [0.05, 0.1) is 12.5 Å². The lowest BCUT2D eigenvalue weighted by molar-refractivity contribution is -0.145. The second-order valence-corrected chi connectivity index (χ2v) is 10.0. The summed E-state index contributed by atoms with van der Waals surface area (Å²) in [6.45, 7) is 0.281. The van der Waals surface area contributed by atoms with Crippen molar-refractivity contribution in [1.29, 1.82) is 5.41 Å². The van der Waals surface area contributed by atoms with Crippen LogP contribution in [0.25, 0.3) is 0 Å². The van der Waals surface area contributed by atoms with E-state index in [-0.39, 0.29) is 44.3 Å². The van der Waals surface area contributed by atoms with E-state index >= 15 is 0 Å². The molecule has 0 heterocycles. The maximum atomic E-state index is 12.8. The van der Waals surface area contributed by atoms with Gasteiger partial charge < -0.3 is 20.1 Å². The van der Waals surface area contributed by atoms with E-state index < -0.39 is 24.0 Å². The lowest BCUT2D eigenvalue weighted by Gasteiger charge is -2.19. The Hall–Kier alpha value is -5.77. The number of amides is 3. The Labute approximate surface area is 261 Å². The van der Waals surface area contributed by atoms with Crippen LogP contribution in [0.5, 0.6) is 0 Å². The van der Waals surface area contributed by atoms with Crippen LogP contribution in [0.4, 0.5) is 4.79 Å². The molecule has 3 amide bonds. The summed E-state index contributed by atoms with van der Waals surface area (Å²) in [5.74, 6) is -1.36. The van der Waals surface area contributed by atoms with Gasteiger partial charge in [-0.2, -0.15) is 0 Å². The average molecular weight is 607 g/mol. The van der Waals surface area contributed by atoms with E-state index in [2.05, 4.69) is 16.0 Å². The van der Waals surface area contributed by atoms with Crippen molar-refractivity contribution >= 4 is 29.7 Å². The van der Waals surface area contributed by atoms with Crippen LogP contribution < -0.4 is 16.0 Å². The summed E-state index contributed by atoms with van der Waals surface area (Å²) >= 11 is 0. The molecule has 4 aromatic carbocycles. The van der Waals surface area contributed by atoms with E-state index in [0.29, 0.717) is 11.1 Å². The highest BCUT2D eigenvalue weighted by Crippen LogP contribution is 2.18. The largest absolute Gasteiger partial charge is 0.461 e. The molecule has 4 N–H and O–H groups in total. The Kier molecular flexibility index (Phi) is 12.0. The molecule has 0 saturated carbocycles. The highest BCUT2D eigenvalue weighted by Gasteiger charge is 2.20. The van der Waals surface area contributed by atoms with Gasteiger partial charge >= 0.3 is 12.1 Å². The molecular formula is C35H34N4O6. The van der Waals surface area contributed by atoms with E-state index in [0.717, 1.165) is 16.7 Å². The maximum Gasteiger partial charge on any atom is 0.413 e. The molecule has 230 valence electrons. The highest BCUT2D eigenvalue weighted by atomic mass is 16.5. The van der Waals surface area contributed by atoms with Crippen LogP contribution in [0, 0.1) is 5.41 Å². The molecule has 45 heavy (non-hydrogen) atoms. The first-order valence-electron chi connectivity index (χ1n) is 14.4. The minimum Gasteiger partial charge on any atom is -0.461 e. The molecule has 0 saturated heterocycles. The molecule has 0 fully saturated rings. The van der Waals surface area contributed by atoms with Gasteiger partial charge in [-0.1, -0.05) is 103 Å². The predicted molar refractivity (Wildman–Crippen MR) is 168 cm³/mol. The molecule has 0 aliphatic carbocycles. The number of carbonyl (C=O) groups is 4. The number of amidine groups is 1. The Morgan fingerprint density at radius 3 is 1.80 bits per heavy atom. The smallest absolute Gasteiger partial charge is 0.413 e. The van der Waals surface area contributed by atoms with Crippen molar-refractivity contribution in [3.8, 4) is 0 Å². The van der Waals surface area contributed by atoms with Crippen LogP contribution in [-0.4, -0.2) is 36.3 Å². The van der Waals surface area contributed by atoms with E-state index in [1.807, 2.05) is 91.0 Å². The molecule has 1 atom stereocenters. The van der Waals surface area contributed by atoms with Crippen LogP contribution in [-0.2, 0) is 32.3 Å². The average Bonchev–Trinajstić information content (AvgIpc) is 3.07. The second kappa shape index (κ2) is 16.8. The summed E-state index contributed by atoms with van der Waals surface area (Å²) in [6, 6.07) is 33.1. The second-order valence-electron chi connectivity index (χ2n) is 10.0.